The van der Waals surface area contributed by atoms with E-state index in [0.29, 0.717) is 31.0 Å². The molecule has 0 bridgehead atoms. The number of carbonyl (C=O) groups excluding carboxylic acids is 1. The molecule has 112 valence electrons. The normalized spacial score (nSPS) is 25.0. The minimum Gasteiger partial charge on any atom is -0.481 e. The van der Waals surface area contributed by atoms with Gasteiger partial charge in [-0.3, -0.25) is 4.79 Å². The van der Waals surface area contributed by atoms with Crippen LogP contribution < -0.4 is 10.6 Å². The molecule has 5 nitrogen and oxygen atoms in total. The van der Waals surface area contributed by atoms with E-state index >= 15 is 0 Å². The molecule has 3 N–H and O–H groups in total. The molecule has 0 saturated heterocycles. The molecule has 21 heavy (non-hydrogen) atoms. The second-order valence-electron chi connectivity index (χ2n) is 6.27. The molecule has 2 unspecified atom stereocenters. The van der Waals surface area contributed by atoms with Gasteiger partial charge in [-0.25, -0.2) is 4.79 Å². The van der Waals surface area contributed by atoms with Gasteiger partial charge < -0.3 is 15.7 Å². The Balaban J connectivity index is 1.54. The van der Waals surface area contributed by atoms with Gasteiger partial charge in [0.2, 0.25) is 0 Å². The fourth-order valence-corrected chi connectivity index (χ4v) is 2.71. The first-order valence-corrected chi connectivity index (χ1v) is 7.40. The van der Waals surface area contributed by atoms with E-state index in [2.05, 4.69) is 17.6 Å². The Morgan fingerprint density at radius 2 is 1.90 bits per heavy atom. The monoisotopic (exact) mass is 288 g/mol. The fraction of sp³-hybridized carbons (Fsp3) is 0.500. The van der Waals surface area contributed by atoms with Crippen molar-refractivity contribution in [3.05, 3.63) is 29.8 Å². The second kappa shape index (κ2) is 5.06. The van der Waals surface area contributed by atoms with E-state index < -0.39 is 11.4 Å². The van der Waals surface area contributed by atoms with Crippen molar-refractivity contribution in [3.8, 4) is 0 Å². The van der Waals surface area contributed by atoms with Crippen LogP contribution >= 0.6 is 0 Å². The van der Waals surface area contributed by atoms with Gasteiger partial charge >= 0.3 is 12.0 Å². The highest BCUT2D eigenvalue weighted by Gasteiger charge is 2.51. The van der Waals surface area contributed by atoms with Crippen molar-refractivity contribution in [1.29, 1.82) is 0 Å². The Labute approximate surface area is 123 Å². The van der Waals surface area contributed by atoms with Crippen LogP contribution in [0.4, 0.5) is 10.5 Å². The SMILES string of the molecule is CC1CC1CNC(=O)Nc1ccc(C2(C(=O)O)CC2)cc1. The Hall–Kier alpha value is -2.04. The highest BCUT2D eigenvalue weighted by molar-refractivity contribution is 5.89. The first-order valence-electron chi connectivity index (χ1n) is 7.40. The van der Waals surface area contributed by atoms with Gasteiger partial charge in [0.05, 0.1) is 5.41 Å². The number of carboxylic acids is 1. The second-order valence-corrected chi connectivity index (χ2v) is 6.27. The van der Waals surface area contributed by atoms with Gasteiger partial charge in [0.25, 0.3) is 0 Å². The first-order chi connectivity index (χ1) is 10.0. The summed E-state index contributed by atoms with van der Waals surface area (Å²) in [5, 5.41) is 14.9. The lowest BCUT2D eigenvalue weighted by molar-refractivity contribution is -0.140. The molecule has 2 aliphatic carbocycles. The molecule has 0 aliphatic heterocycles. The molecule has 3 rings (SSSR count). The first kappa shape index (κ1) is 13.9. The van der Waals surface area contributed by atoms with Crippen molar-refractivity contribution in [2.75, 3.05) is 11.9 Å². The third kappa shape index (κ3) is 2.86. The maximum absolute atomic E-state index is 11.7. The summed E-state index contributed by atoms with van der Waals surface area (Å²) in [6.07, 6.45) is 2.57. The quantitative estimate of drug-likeness (QED) is 0.779. The van der Waals surface area contributed by atoms with Crippen molar-refractivity contribution < 1.29 is 14.7 Å². The number of anilines is 1. The van der Waals surface area contributed by atoms with Gasteiger partial charge in [-0.1, -0.05) is 19.1 Å². The minimum atomic E-state index is -0.764. The van der Waals surface area contributed by atoms with Crippen LogP contribution in [0.3, 0.4) is 0 Å². The van der Waals surface area contributed by atoms with E-state index in [9.17, 15) is 14.7 Å². The zero-order valence-corrected chi connectivity index (χ0v) is 12.1. The lowest BCUT2D eigenvalue weighted by Gasteiger charge is -2.12. The van der Waals surface area contributed by atoms with Crippen molar-refractivity contribution in [2.45, 2.75) is 31.6 Å². The van der Waals surface area contributed by atoms with Crippen LogP contribution in [0, 0.1) is 11.8 Å². The van der Waals surface area contributed by atoms with Crippen LogP contribution in [-0.2, 0) is 10.2 Å². The summed E-state index contributed by atoms with van der Waals surface area (Å²) in [6.45, 7) is 2.90. The zero-order valence-electron chi connectivity index (χ0n) is 12.1. The number of carbonyl (C=O) groups is 2. The van der Waals surface area contributed by atoms with Crippen LogP contribution in [-0.4, -0.2) is 23.7 Å². The highest BCUT2D eigenvalue weighted by Crippen LogP contribution is 2.48. The van der Waals surface area contributed by atoms with Crippen molar-refractivity contribution in [2.24, 2.45) is 11.8 Å². The Kier molecular flexibility index (Phi) is 3.35. The van der Waals surface area contributed by atoms with Gasteiger partial charge in [0, 0.05) is 12.2 Å². The lowest BCUT2D eigenvalue weighted by Crippen LogP contribution is -2.30. The van der Waals surface area contributed by atoms with E-state index in [1.165, 1.54) is 6.42 Å². The summed E-state index contributed by atoms with van der Waals surface area (Å²) in [7, 11) is 0. The molecular formula is C16H20N2O3. The molecule has 2 fully saturated rings. The number of hydrogen-bond acceptors (Lipinski definition) is 2. The topological polar surface area (TPSA) is 78.4 Å². The van der Waals surface area contributed by atoms with Crippen LogP contribution in [0.1, 0.15) is 31.7 Å². The Bertz CT molecular complexity index is 563. The Morgan fingerprint density at radius 3 is 2.38 bits per heavy atom. The predicted molar refractivity (Wildman–Crippen MR) is 79.3 cm³/mol. The van der Waals surface area contributed by atoms with E-state index in [1.807, 2.05) is 0 Å². The molecule has 0 heterocycles. The van der Waals surface area contributed by atoms with Crippen LogP contribution in [0.15, 0.2) is 24.3 Å². The number of urea groups is 1. The van der Waals surface area contributed by atoms with Gasteiger partial charge in [-0.05, 0) is 48.8 Å². The molecule has 2 atom stereocenters. The number of rotatable bonds is 5. The standard InChI is InChI=1S/C16H20N2O3/c1-10-8-11(10)9-17-15(21)18-13-4-2-12(3-5-13)16(6-7-16)14(19)20/h2-5,10-11H,6-9H2,1H3,(H,19,20)(H2,17,18,21). The minimum absolute atomic E-state index is 0.207. The number of benzene rings is 1. The molecule has 1 aromatic rings. The zero-order chi connectivity index (χ0) is 15.0. The maximum Gasteiger partial charge on any atom is 0.319 e. The summed E-state index contributed by atoms with van der Waals surface area (Å²) in [6, 6.07) is 6.90. The van der Waals surface area contributed by atoms with Crippen LogP contribution in [0.25, 0.3) is 0 Å². The average Bonchev–Trinajstić information content (AvgIpc) is 3.34. The number of carboxylic acid groups (broad SMARTS) is 1. The molecule has 1 aromatic carbocycles. The van der Waals surface area contributed by atoms with E-state index in [1.54, 1.807) is 24.3 Å². The summed E-state index contributed by atoms with van der Waals surface area (Å²) in [4.78, 5) is 23.0. The van der Waals surface area contributed by atoms with Crippen LogP contribution in [0.2, 0.25) is 0 Å². The highest BCUT2D eigenvalue weighted by atomic mass is 16.4. The number of amides is 2. The summed E-state index contributed by atoms with van der Waals surface area (Å²) < 4.78 is 0. The molecule has 2 aliphatic rings. The molecule has 5 heteroatoms. The van der Waals surface area contributed by atoms with E-state index in [-0.39, 0.29) is 6.03 Å². The maximum atomic E-state index is 11.7. The predicted octanol–water partition coefficient (Wildman–Crippen LogP) is 2.58. The Morgan fingerprint density at radius 1 is 1.29 bits per heavy atom. The van der Waals surface area contributed by atoms with Crippen molar-refractivity contribution >= 4 is 17.7 Å². The molecule has 0 aromatic heterocycles. The lowest BCUT2D eigenvalue weighted by atomic mass is 9.96. The smallest absolute Gasteiger partial charge is 0.319 e. The third-order valence-electron chi connectivity index (χ3n) is 4.66. The van der Waals surface area contributed by atoms with E-state index in [0.717, 1.165) is 11.5 Å². The molecular weight excluding hydrogens is 268 g/mol. The largest absolute Gasteiger partial charge is 0.481 e. The van der Waals surface area contributed by atoms with Gasteiger partial charge in [-0.15, -0.1) is 0 Å². The summed E-state index contributed by atoms with van der Waals surface area (Å²) >= 11 is 0. The fourth-order valence-electron chi connectivity index (χ4n) is 2.71. The molecule has 2 amide bonds. The summed E-state index contributed by atoms with van der Waals surface area (Å²) in [5.74, 6) is 0.568. The number of hydrogen-bond donors (Lipinski definition) is 3. The van der Waals surface area contributed by atoms with Gasteiger partial charge in [0.15, 0.2) is 0 Å². The number of aliphatic carboxylic acids is 1. The van der Waals surface area contributed by atoms with Gasteiger partial charge in [-0.2, -0.15) is 0 Å². The van der Waals surface area contributed by atoms with Crippen LogP contribution in [0.5, 0.6) is 0 Å². The molecule has 2 saturated carbocycles. The average molecular weight is 288 g/mol. The third-order valence-corrected chi connectivity index (χ3v) is 4.66. The van der Waals surface area contributed by atoms with Gasteiger partial charge in [0.1, 0.15) is 0 Å². The summed E-state index contributed by atoms with van der Waals surface area (Å²) in [5.41, 5.74) is 0.803. The van der Waals surface area contributed by atoms with E-state index in [4.69, 9.17) is 0 Å². The molecule has 0 radical (unpaired) electrons. The van der Waals surface area contributed by atoms with Crippen molar-refractivity contribution in [3.63, 3.8) is 0 Å². The number of nitrogens with one attached hydrogen (secondary N) is 2. The molecule has 0 spiro atoms. The van der Waals surface area contributed by atoms with Crippen molar-refractivity contribution in [1.82, 2.24) is 5.32 Å².